The third kappa shape index (κ3) is 4.77. The molecule has 0 fully saturated rings. The fourth-order valence-corrected chi connectivity index (χ4v) is 1.81. The standard InChI is InChI=1S/C16H18N4O/c1-13-4-6-14(7-5-13)21-11-3-2-8-19-16-15(12-17)18-9-10-20-16/h4-7,9-10H,2-3,8,11H2,1H3,(H,19,20). The van der Waals surface area contributed by atoms with Gasteiger partial charge in [0, 0.05) is 18.9 Å². The van der Waals surface area contributed by atoms with Crippen LogP contribution in [-0.2, 0) is 0 Å². The van der Waals surface area contributed by atoms with Crippen LogP contribution in [0.3, 0.4) is 0 Å². The molecule has 0 unspecified atom stereocenters. The molecule has 0 bridgehead atoms. The van der Waals surface area contributed by atoms with Crippen molar-refractivity contribution in [3.63, 3.8) is 0 Å². The maximum atomic E-state index is 8.89. The van der Waals surface area contributed by atoms with Crippen molar-refractivity contribution in [1.82, 2.24) is 9.97 Å². The van der Waals surface area contributed by atoms with Crippen LogP contribution in [-0.4, -0.2) is 23.1 Å². The van der Waals surface area contributed by atoms with E-state index in [0.717, 1.165) is 25.1 Å². The maximum absolute atomic E-state index is 8.89. The van der Waals surface area contributed by atoms with Gasteiger partial charge in [0.15, 0.2) is 11.5 Å². The normalized spacial score (nSPS) is 9.90. The number of nitrogens with one attached hydrogen (secondary N) is 1. The molecule has 2 aromatic rings. The van der Waals surface area contributed by atoms with Gasteiger partial charge in [-0.1, -0.05) is 17.7 Å². The van der Waals surface area contributed by atoms with Crippen molar-refractivity contribution in [2.75, 3.05) is 18.5 Å². The van der Waals surface area contributed by atoms with Gasteiger partial charge in [-0.25, -0.2) is 9.97 Å². The molecule has 1 aromatic heterocycles. The summed E-state index contributed by atoms with van der Waals surface area (Å²) in [5, 5.41) is 12.0. The molecule has 1 N–H and O–H groups in total. The van der Waals surface area contributed by atoms with E-state index in [-0.39, 0.29) is 0 Å². The number of rotatable bonds is 7. The molecule has 0 amide bonds. The number of unbranched alkanes of at least 4 members (excludes halogenated alkanes) is 1. The van der Waals surface area contributed by atoms with Crippen molar-refractivity contribution in [3.05, 3.63) is 47.9 Å². The van der Waals surface area contributed by atoms with Crippen LogP contribution >= 0.6 is 0 Å². The monoisotopic (exact) mass is 282 g/mol. The number of hydrogen-bond acceptors (Lipinski definition) is 5. The van der Waals surface area contributed by atoms with Gasteiger partial charge in [-0.05, 0) is 31.9 Å². The second kappa shape index (κ2) is 7.85. The second-order valence-electron chi connectivity index (χ2n) is 4.66. The lowest BCUT2D eigenvalue weighted by Gasteiger charge is -2.08. The lowest BCUT2D eigenvalue weighted by Crippen LogP contribution is -2.07. The van der Waals surface area contributed by atoms with Gasteiger partial charge in [0.2, 0.25) is 0 Å². The zero-order valence-electron chi connectivity index (χ0n) is 12.0. The molecule has 0 aliphatic carbocycles. The first-order valence-corrected chi connectivity index (χ1v) is 6.94. The molecule has 0 saturated heterocycles. The largest absolute Gasteiger partial charge is 0.494 e. The Bertz CT molecular complexity index is 604. The maximum Gasteiger partial charge on any atom is 0.182 e. The van der Waals surface area contributed by atoms with Gasteiger partial charge in [-0.3, -0.25) is 0 Å². The Morgan fingerprint density at radius 2 is 1.90 bits per heavy atom. The summed E-state index contributed by atoms with van der Waals surface area (Å²) in [5.41, 5.74) is 1.55. The first-order chi connectivity index (χ1) is 10.3. The number of aromatic nitrogens is 2. The zero-order chi connectivity index (χ0) is 14.9. The third-order valence-corrected chi connectivity index (χ3v) is 2.96. The SMILES string of the molecule is Cc1ccc(OCCCCNc2nccnc2C#N)cc1. The van der Waals surface area contributed by atoms with Crippen molar-refractivity contribution in [3.8, 4) is 11.8 Å². The van der Waals surface area contributed by atoms with Gasteiger partial charge in [0.1, 0.15) is 11.8 Å². The summed E-state index contributed by atoms with van der Waals surface area (Å²) in [5.74, 6) is 1.44. The minimum Gasteiger partial charge on any atom is -0.494 e. The topological polar surface area (TPSA) is 70.8 Å². The van der Waals surface area contributed by atoms with Crippen LogP contribution in [0.25, 0.3) is 0 Å². The van der Waals surface area contributed by atoms with Gasteiger partial charge in [0.05, 0.1) is 6.61 Å². The van der Waals surface area contributed by atoms with Gasteiger partial charge in [-0.2, -0.15) is 5.26 Å². The molecule has 5 nitrogen and oxygen atoms in total. The summed E-state index contributed by atoms with van der Waals surface area (Å²) in [4.78, 5) is 8.04. The second-order valence-corrected chi connectivity index (χ2v) is 4.66. The Morgan fingerprint density at radius 1 is 1.14 bits per heavy atom. The average molecular weight is 282 g/mol. The minimum atomic E-state index is 0.327. The number of nitriles is 1. The van der Waals surface area contributed by atoms with Crippen LogP contribution in [0.1, 0.15) is 24.1 Å². The molecular weight excluding hydrogens is 264 g/mol. The average Bonchev–Trinajstić information content (AvgIpc) is 2.53. The minimum absolute atomic E-state index is 0.327. The molecule has 0 aliphatic rings. The van der Waals surface area contributed by atoms with E-state index in [9.17, 15) is 0 Å². The summed E-state index contributed by atoms with van der Waals surface area (Å²) in [6.07, 6.45) is 4.96. The predicted octanol–water partition coefficient (Wildman–Crippen LogP) is 2.93. The molecule has 0 atom stereocenters. The van der Waals surface area contributed by atoms with E-state index < -0.39 is 0 Å². The molecule has 0 radical (unpaired) electrons. The van der Waals surface area contributed by atoms with Crippen LogP contribution in [0.15, 0.2) is 36.7 Å². The van der Waals surface area contributed by atoms with Crippen molar-refractivity contribution in [2.45, 2.75) is 19.8 Å². The van der Waals surface area contributed by atoms with Crippen molar-refractivity contribution in [1.29, 1.82) is 5.26 Å². The van der Waals surface area contributed by atoms with Crippen LogP contribution < -0.4 is 10.1 Å². The predicted molar refractivity (Wildman–Crippen MR) is 81.1 cm³/mol. The number of aryl methyl sites for hydroxylation is 1. The highest BCUT2D eigenvalue weighted by atomic mass is 16.5. The number of benzene rings is 1. The van der Waals surface area contributed by atoms with Crippen molar-refractivity contribution in [2.24, 2.45) is 0 Å². The molecular formula is C16H18N4O. The number of anilines is 1. The Kier molecular flexibility index (Phi) is 5.53. The van der Waals surface area contributed by atoms with E-state index in [1.54, 1.807) is 6.20 Å². The van der Waals surface area contributed by atoms with Crippen molar-refractivity contribution < 1.29 is 4.74 Å². The lowest BCUT2D eigenvalue weighted by molar-refractivity contribution is 0.308. The first kappa shape index (κ1) is 14.8. The zero-order valence-corrected chi connectivity index (χ0v) is 12.0. The molecule has 1 aromatic carbocycles. The summed E-state index contributed by atoms with van der Waals surface area (Å²) >= 11 is 0. The summed E-state index contributed by atoms with van der Waals surface area (Å²) in [6, 6.07) is 10.0. The molecule has 21 heavy (non-hydrogen) atoms. The summed E-state index contributed by atoms with van der Waals surface area (Å²) < 4.78 is 5.65. The fourth-order valence-electron chi connectivity index (χ4n) is 1.81. The van der Waals surface area contributed by atoms with E-state index in [1.165, 1.54) is 11.8 Å². The van der Waals surface area contributed by atoms with Crippen LogP contribution in [0, 0.1) is 18.3 Å². The number of nitrogens with zero attached hydrogens (tertiary/aromatic N) is 3. The van der Waals surface area contributed by atoms with Crippen LogP contribution in [0.4, 0.5) is 5.82 Å². The molecule has 2 rings (SSSR count). The molecule has 108 valence electrons. The van der Waals surface area contributed by atoms with E-state index in [2.05, 4.69) is 22.2 Å². The Balaban J connectivity index is 1.64. The molecule has 5 heteroatoms. The summed E-state index contributed by atoms with van der Waals surface area (Å²) in [7, 11) is 0. The number of hydrogen-bond donors (Lipinski definition) is 1. The summed E-state index contributed by atoms with van der Waals surface area (Å²) in [6.45, 7) is 3.47. The van der Waals surface area contributed by atoms with Crippen molar-refractivity contribution >= 4 is 5.82 Å². The van der Waals surface area contributed by atoms with Gasteiger partial charge in [-0.15, -0.1) is 0 Å². The smallest absolute Gasteiger partial charge is 0.182 e. The number of ether oxygens (including phenoxy) is 1. The fraction of sp³-hybridized carbons (Fsp3) is 0.312. The lowest BCUT2D eigenvalue weighted by atomic mass is 10.2. The quantitative estimate of drug-likeness (QED) is 0.791. The van der Waals surface area contributed by atoms with E-state index in [0.29, 0.717) is 18.1 Å². The van der Waals surface area contributed by atoms with Gasteiger partial charge < -0.3 is 10.1 Å². The third-order valence-electron chi connectivity index (χ3n) is 2.96. The highest BCUT2D eigenvalue weighted by Gasteiger charge is 2.02. The van der Waals surface area contributed by atoms with E-state index in [1.807, 2.05) is 30.3 Å². The molecule has 1 heterocycles. The van der Waals surface area contributed by atoms with Crippen LogP contribution in [0.2, 0.25) is 0 Å². The molecule has 0 spiro atoms. The molecule has 0 aliphatic heterocycles. The van der Waals surface area contributed by atoms with Gasteiger partial charge in [0.25, 0.3) is 0 Å². The van der Waals surface area contributed by atoms with Crippen LogP contribution in [0.5, 0.6) is 5.75 Å². The Labute approximate surface area is 124 Å². The Morgan fingerprint density at radius 3 is 2.67 bits per heavy atom. The van der Waals surface area contributed by atoms with E-state index >= 15 is 0 Å². The highest BCUT2D eigenvalue weighted by Crippen LogP contribution is 2.12. The highest BCUT2D eigenvalue weighted by molar-refractivity contribution is 5.46. The van der Waals surface area contributed by atoms with E-state index in [4.69, 9.17) is 10.00 Å². The molecule has 0 saturated carbocycles. The Hall–Kier alpha value is -2.61. The first-order valence-electron chi connectivity index (χ1n) is 6.94. The van der Waals surface area contributed by atoms with Gasteiger partial charge >= 0.3 is 0 Å².